The predicted molar refractivity (Wildman–Crippen MR) is 111 cm³/mol. The van der Waals surface area contributed by atoms with Crippen LogP contribution < -0.4 is 16.5 Å². The third kappa shape index (κ3) is 7.17. The van der Waals surface area contributed by atoms with Gasteiger partial charge in [-0.15, -0.1) is 0 Å². The SMILES string of the molecule is CN(N)C(=O)Nc1ccc(F)cc1N[C@@H]1CCCN(CCOC(=O)C(C)(C)C)C1. The van der Waals surface area contributed by atoms with E-state index >= 15 is 0 Å². The van der Waals surface area contributed by atoms with Gasteiger partial charge in [0.1, 0.15) is 12.4 Å². The van der Waals surface area contributed by atoms with E-state index in [-0.39, 0.29) is 12.0 Å². The summed E-state index contributed by atoms with van der Waals surface area (Å²) < 4.78 is 19.1. The molecule has 0 unspecified atom stereocenters. The lowest BCUT2D eigenvalue weighted by molar-refractivity contribution is -0.153. The van der Waals surface area contributed by atoms with Crippen molar-refractivity contribution in [2.45, 2.75) is 39.7 Å². The highest BCUT2D eigenvalue weighted by Gasteiger charge is 2.24. The van der Waals surface area contributed by atoms with Crippen molar-refractivity contribution in [3.63, 3.8) is 0 Å². The number of hydrogen-bond acceptors (Lipinski definition) is 6. The standard InChI is InChI=1S/C20H32FN5O3/c1-20(2,3)18(27)29-11-10-26-9-5-6-15(13-26)23-17-12-14(21)7-8-16(17)24-19(28)25(4)22/h7-8,12,15,23H,5-6,9-11,13,22H2,1-4H3,(H,24,28)/t15-/m1/s1. The number of ether oxygens (including phenoxy) is 1. The molecule has 0 saturated carbocycles. The number of anilines is 2. The lowest BCUT2D eigenvalue weighted by Crippen LogP contribution is -2.44. The summed E-state index contributed by atoms with van der Waals surface area (Å²) in [4.78, 5) is 25.9. The number of urea groups is 1. The quantitative estimate of drug-likeness (QED) is 0.289. The Kier molecular flexibility index (Phi) is 7.80. The molecule has 1 atom stereocenters. The number of likely N-dealkylation sites (tertiary alicyclic amines) is 1. The number of amides is 2. The van der Waals surface area contributed by atoms with Gasteiger partial charge in [0.2, 0.25) is 0 Å². The average Bonchev–Trinajstić information content (AvgIpc) is 2.63. The molecule has 0 spiro atoms. The second-order valence-corrected chi connectivity index (χ2v) is 8.40. The second-order valence-electron chi connectivity index (χ2n) is 8.40. The van der Waals surface area contributed by atoms with E-state index in [1.165, 1.54) is 25.2 Å². The maximum absolute atomic E-state index is 13.8. The van der Waals surface area contributed by atoms with Crippen molar-refractivity contribution in [3.05, 3.63) is 24.0 Å². The number of nitrogens with zero attached hydrogens (tertiary/aromatic N) is 2. The first-order valence-electron chi connectivity index (χ1n) is 9.81. The molecule has 2 amide bonds. The van der Waals surface area contributed by atoms with Gasteiger partial charge in [-0.1, -0.05) is 0 Å². The van der Waals surface area contributed by atoms with Crippen molar-refractivity contribution in [2.75, 3.05) is 43.9 Å². The van der Waals surface area contributed by atoms with Gasteiger partial charge in [0.25, 0.3) is 0 Å². The zero-order valence-corrected chi connectivity index (χ0v) is 17.6. The summed E-state index contributed by atoms with van der Waals surface area (Å²) in [6.45, 7) is 8.11. The van der Waals surface area contributed by atoms with Crippen molar-refractivity contribution in [1.29, 1.82) is 0 Å². The number of esters is 1. The number of hydrazine groups is 1. The molecule has 1 saturated heterocycles. The molecule has 0 bridgehead atoms. The van der Waals surface area contributed by atoms with Crippen LogP contribution in [0.3, 0.4) is 0 Å². The lowest BCUT2D eigenvalue weighted by atomic mass is 9.97. The van der Waals surface area contributed by atoms with Crippen LogP contribution in [-0.4, -0.2) is 61.2 Å². The molecule has 0 radical (unpaired) electrons. The van der Waals surface area contributed by atoms with E-state index in [1.54, 1.807) is 0 Å². The monoisotopic (exact) mass is 409 g/mol. The van der Waals surface area contributed by atoms with Crippen LogP contribution in [-0.2, 0) is 9.53 Å². The Morgan fingerprint density at radius 3 is 2.72 bits per heavy atom. The van der Waals surface area contributed by atoms with Crippen LogP contribution in [0.4, 0.5) is 20.6 Å². The van der Waals surface area contributed by atoms with E-state index in [1.807, 2.05) is 20.8 Å². The van der Waals surface area contributed by atoms with E-state index in [9.17, 15) is 14.0 Å². The Bertz CT molecular complexity index is 721. The fraction of sp³-hybridized carbons (Fsp3) is 0.600. The molecule has 1 aromatic carbocycles. The van der Waals surface area contributed by atoms with Crippen molar-refractivity contribution in [3.8, 4) is 0 Å². The zero-order chi connectivity index (χ0) is 21.6. The third-order valence-corrected chi connectivity index (χ3v) is 4.66. The maximum atomic E-state index is 13.8. The van der Waals surface area contributed by atoms with E-state index in [0.717, 1.165) is 30.9 Å². The summed E-state index contributed by atoms with van der Waals surface area (Å²) in [5.74, 6) is 4.84. The number of halogens is 1. The van der Waals surface area contributed by atoms with Gasteiger partial charge in [-0.3, -0.25) is 14.7 Å². The van der Waals surface area contributed by atoms with E-state index in [4.69, 9.17) is 10.6 Å². The molecule has 29 heavy (non-hydrogen) atoms. The highest BCUT2D eigenvalue weighted by molar-refractivity contribution is 5.92. The highest BCUT2D eigenvalue weighted by Crippen LogP contribution is 2.26. The smallest absolute Gasteiger partial charge is 0.335 e. The normalized spacial score (nSPS) is 17.5. The Balaban J connectivity index is 1.94. The zero-order valence-electron chi connectivity index (χ0n) is 17.6. The Morgan fingerprint density at radius 1 is 1.34 bits per heavy atom. The van der Waals surface area contributed by atoms with Crippen molar-refractivity contribution in [2.24, 2.45) is 11.3 Å². The maximum Gasteiger partial charge on any atom is 0.335 e. The summed E-state index contributed by atoms with van der Waals surface area (Å²) in [6.07, 6.45) is 1.88. The first-order valence-corrected chi connectivity index (χ1v) is 9.81. The second kappa shape index (κ2) is 9.89. The predicted octanol–water partition coefficient (Wildman–Crippen LogP) is 2.63. The third-order valence-electron chi connectivity index (χ3n) is 4.66. The van der Waals surface area contributed by atoms with Crippen molar-refractivity contribution < 1.29 is 18.7 Å². The minimum atomic E-state index is -0.512. The molecular weight excluding hydrogens is 377 g/mol. The number of carbonyl (C=O) groups is 2. The van der Waals surface area contributed by atoms with Crippen molar-refractivity contribution in [1.82, 2.24) is 9.91 Å². The molecule has 1 aliphatic heterocycles. The highest BCUT2D eigenvalue weighted by atomic mass is 19.1. The van der Waals surface area contributed by atoms with Crippen LogP contribution in [0.5, 0.6) is 0 Å². The molecule has 8 nitrogen and oxygen atoms in total. The topological polar surface area (TPSA) is 99.9 Å². The largest absolute Gasteiger partial charge is 0.464 e. The molecule has 4 N–H and O–H groups in total. The summed E-state index contributed by atoms with van der Waals surface area (Å²) in [5, 5.41) is 6.91. The molecule has 1 aromatic rings. The molecule has 0 aliphatic carbocycles. The molecule has 9 heteroatoms. The van der Waals surface area contributed by atoms with Gasteiger partial charge in [0.05, 0.1) is 16.8 Å². The fourth-order valence-electron chi connectivity index (χ4n) is 3.03. The van der Waals surface area contributed by atoms with E-state index < -0.39 is 17.3 Å². The molecular formula is C20H32FN5O3. The summed E-state index contributed by atoms with van der Waals surface area (Å²) >= 11 is 0. The molecule has 0 aromatic heterocycles. The van der Waals surface area contributed by atoms with Gasteiger partial charge in [0.15, 0.2) is 0 Å². The number of benzene rings is 1. The molecule has 2 rings (SSSR count). The Morgan fingerprint density at radius 2 is 2.07 bits per heavy atom. The van der Waals surface area contributed by atoms with E-state index in [0.29, 0.717) is 24.5 Å². The Labute approximate surface area is 171 Å². The molecule has 1 fully saturated rings. The Hall–Kier alpha value is -2.39. The number of piperidine rings is 1. The van der Waals surface area contributed by atoms with Crippen LogP contribution in [0, 0.1) is 11.2 Å². The van der Waals surface area contributed by atoms with Gasteiger partial charge < -0.3 is 15.4 Å². The minimum Gasteiger partial charge on any atom is -0.464 e. The number of carbonyl (C=O) groups excluding carboxylic acids is 2. The number of hydrogen-bond donors (Lipinski definition) is 3. The van der Waals surface area contributed by atoms with Crippen LogP contribution in [0.25, 0.3) is 0 Å². The van der Waals surface area contributed by atoms with Crippen molar-refractivity contribution >= 4 is 23.4 Å². The molecule has 1 aliphatic rings. The summed E-state index contributed by atoms with van der Waals surface area (Å²) in [7, 11) is 1.43. The average molecular weight is 410 g/mol. The first kappa shape index (κ1) is 22.9. The number of rotatable bonds is 6. The van der Waals surface area contributed by atoms with Gasteiger partial charge in [0, 0.05) is 26.2 Å². The van der Waals surface area contributed by atoms with Crippen LogP contribution in [0.15, 0.2) is 18.2 Å². The fourth-order valence-corrected chi connectivity index (χ4v) is 3.03. The minimum absolute atomic E-state index is 0.0788. The van der Waals surface area contributed by atoms with Crippen LogP contribution in [0.2, 0.25) is 0 Å². The van der Waals surface area contributed by atoms with E-state index in [2.05, 4.69) is 15.5 Å². The molecule has 1 heterocycles. The number of nitrogens with two attached hydrogens (primary N) is 1. The number of nitrogens with one attached hydrogen (secondary N) is 2. The summed E-state index contributed by atoms with van der Waals surface area (Å²) in [6, 6.07) is 3.73. The van der Waals surface area contributed by atoms with Gasteiger partial charge >= 0.3 is 12.0 Å². The van der Waals surface area contributed by atoms with Gasteiger partial charge in [-0.05, 0) is 58.4 Å². The van der Waals surface area contributed by atoms with Crippen LogP contribution >= 0.6 is 0 Å². The van der Waals surface area contributed by atoms with Gasteiger partial charge in [-0.2, -0.15) is 0 Å². The first-order chi connectivity index (χ1) is 13.6. The lowest BCUT2D eigenvalue weighted by Gasteiger charge is -2.34. The van der Waals surface area contributed by atoms with Gasteiger partial charge in [-0.25, -0.2) is 15.0 Å². The summed E-state index contributed by atoms with van der Waals surface area (Å²) in [5.41, 5.74) is 0.457. The molecule has 162 valence electrons. The van der Waals surface area contributed by atoms with Crippen LogP contribution in [0.1, 0.15) is 33.6 Å².